The Kier molecular flexibility index (Phi) is 7.78. The number of nitrogens with one attached hydrogen (secondary N) is 1. The Morgan fingerprint density at radius 2 is 1.56 bits per heavy atom. The Bertz CT molecular complexity index is 1060. The number of carbonyl (C=O) groups is 2. The average molecular weight is 528 g/mol. The highest BCUT2D eigenvalue weighted by Gasteiger charge is 2.33. The number of hydrogen-bond acceptors (Lipinski definition) is 6. The number of methoxy groups -OCH3 is 2. The number of esters is 2. The molecule has 2 rings (SSSR count). The third-order valence-corrected chi connectivity index (χ3v) is 4.31. The summed E-state index contributed by atoms with van der Waals surface area (Å²) in [6.07, 6.45) is -4.35. The largest absolute Gasteiger partial charge is 0.466 e. The van der Waals surface area contributed by atoms with E-state index in [4.69, 9.17) is 4.74 Å². The zero-order valence-corrected chi connectivity index (χ0v) is 17.7. The topological polar surface area (TPSA) is 73.9 Å². The highest BCUT2D eigenvalue weighted by molar-refractivity contribution is 9.10. The molecule has 0 aliphatic heterocycles. The van der Waals surface area contributed by atoms with E-state index in [1.165, 1.54) is 0 Å². The van der Waals surface area contributed by atoms with E-state index in [1.54, 1.807) is 0 Å². The normalized spacial score (nSPS) is 11.7. The number of carbonyl (C=O) groups excluding carboxylic acids is 2. The number of halogens is 7. The molecule has 0 bridgehead atoms. The van der Waals surface area contributed by atoms with Gasteiger partial charge in [0.05, 0.1) is 36.0 Å². The molecule has 0 amide bonds. The molecule has 0 aromatic heterocycles. The number of ether oxygens (including phenoxy) is 3. The Morgan fingerprint density at radius 1 is 0.969 bits per heavy atom. The van der Waals surface area contributed by atoms with Gasteiger partial charge in [0.25, 0.3) is 0 Å². The van der Waals surface area contributed by atoms with Crippen LogP contribution in [0.25, 0.3) is 0 Å². The maximum Gasteiger partial charge on any atom is 0.416 e. The van der Waals surface area contributed by atoms with Gasteiger partial charge in [0.1, 0.15) is 11.5 Å². The molecule has 0 spiro atoms. The molecule has 0 aliphatic carbocycles. The van der Waals surface area contributed by atoms with Gasteiger partial charge in [-0.2, -0.15) is 13.2 Å². The number of rotatable bonds is 6. The Labute approximate surface area is 184 Å². The predicted molar refractivity (Wildman–Crippen MR) is 101 cm³/mol. The zero-order valence-electron chi connectivity index (χ0n) is 16.1. The Morgan fingerprint density at radius 3 is 2.06 bits per heavy atom. The van der Waals surface area contributed by atoms with E-state index < -0.39 is 58.3 Å². The molecule has 0 radical (unpaired) electrons. The summed E-state index contributed by atoms with van der Waals surface area (Å²) in [6, 6.07) is 1.62. The van der Waals surface area contributed by atoms with Crippen molar-refractivity contribution >= 4 is 33.6 Å². The number of benzene rings is 2. The summed E-state index contributed by atoms with van der Waals surface area (Å²) in [7, 11) is 2.01. The number of anilines is 1. The molecule has 172 valence electrons. The lowest BCUT2D eigenvalue weighted by molar-refractivity contribution is -0.138. The van der Waals surface area contributed by atoms with Gasteiger partial charge >= 0.3 is 18.1 Å². The van der Waals surface area contributed by atoms with Crippen LogP contribution in [0.1, 0.15) is 5.56 Å². The number of hydrogen-bond donors (Lipinski definition) is 1. The third-order valence-electron chi connectivity index (χ3n) is 3.70. The second-order valence-electron chi connectivity index (χ2n) is 5.83. The summed E-state index contributed by atoms with van der Waals surface area (Å²) in [6.45, 7) is 0. The van der Waals surface area contributed by atoms with Crippen molar-refractivity contribution in [2.75, 3.05) is 19.5 Å². The molecule has 6 nitrogen and oxygen atoms in total. The van der Waals surface area contributed by atoms with E-state index in [-0.39, 0.29) is 22.3 Å². The fourth-order valence-electron chi connectivity index (χ4n) is 2.22. The lowest BCUT2D eigenvalue weighted by atomic mass is 10.2. The van der Waals surface area contributed by atoms with Gasteiger partial charge in [-0.05, 0) is 34.1 Å². The van der Waals surface area contributed by atoms with Crippen molar-refractivity contribution in [2.45, 2.75) is 6.18 Å². The maximum absolute atomic E-state index is 14.2. The van der Waals surface area contributed by atoms with Crippen molar-refractivity contribution in [1.29, 1.82) is 0 Å². The van der Waals surface area contributed by atoms with Gasteiger partial charge in [-0.15, -0.1) is 0 Å². The molecule has 1 N–H and O–H groups in total. The van der Waals surface area contributed by atoms with E-state index in [0.717, 1.165) is 20.3 Å². The molecular formula is C19H12BrF6NO5. The van der Waals surface area contributed by atoms with Crippen LogP contribution in [0.5, 0.6) is 11.5 Å². The van der Waals surface area contributed by atoms with Gasteiger partial charge in [-0.1, -0.05) is 0 Å². The van der Waals surface area contributed by atoms with Crippen LogP contribution in [0.2, 0.25) is 0 Å². The lowest BCUT2D eigenvalue weighted by Crippen LogP contribution is -2.16. The van der Waals surface area contributed by atoms with Crippen LogP contribution in [-0.4, -0.2) is 26.2 Å². The monoisotopic (exact) mass is 527 g/mol. The van der Waals surface area contributed by atoms with Gasteiger partial charge < -0.3 is 19.5 Å². The average Bonchev–Trinajstić information content (AvgIpc) is 2.71. The number of alkyl halides is 3. The first-order valence-electron chi connectivity index (χ1n) is 8.25. The fourth-order valence-corrected chi connectivity index (χ4v) is 2.56. The third kappa shape index (κ3) is 5.93. The van der Waals surface area contributed by atoms with E-state index >= 15 is 0 Å². The van der Waals surface area contributed by atoms with Crippen LogP contribution in [0.15, 0.2) is 40.5 Å². The summed E-state index contributed by atoms with van der Waals surface area (Å²) in [5.41, 5.74) is -2.44. The second-order valence-corrected chi connectivity index (χ2v) is 6.68. The standard InChI is InChI=1S/C19H12BrF6NO5/c1-30-16(28)7-14(18(29)31-2)27-13-5-9(20)10(21)6-15(13)32-17-11(22)3-8(4-12(17)23)19(24,25)26/h3-7,27H,1-2H3/b14-7+. The van der Waals surface area contributed by atoms with Gasteiger partial charge in [0.15, 0.2) is 23.1 Å². The van der Waals surface area contributed by atoms with Crippen LogP contribution in [0.3, 0.4) is 0 Å². The first kappa shape index (κ1) is 25.0. The Balaban J connectivity index is 2.55. The van der Waals surface area contributed by atoms with Crippen molar-refractivity contribution in [1.82, 2.24) is 0 Å². The van der Waals surface area contributed by atoms with E-state index in [2.05, 4.69) is 30.7 Å². The highest BCUT2D eigenvalue weighted by atomic mass is 79.9. The molecule has 0 heterocycles. The van der Waals surface area contributed by atoms with Crippen molar-refractivity contribution < 1.29 is 50.1 Å². The lowest BCUT2D eigenvalue weighted by Gasteiger charge is -2.16. The van der Waals surface area contributed by atoms with Crippen LogP contribution in [0.4, 0.5) is 32.0 Å². The van der Waals surface area contributed by atoms with Crippen LogP contribution >= 0.6 is 15.9 Å². The fraction of sp³-hybridized carbons (Fsp3) is 0.158. The summed E-state index contributed by atoms with van der Waals surface area (Å²) in [5, 5.41) is 2.37. The molecule has 0 saturated carbocycles. The van der Waals surface area contributed by atoms with Gasteiger partial charge in [0, 0.05) is 6.07 Å². The van der Waals surface area contributed by atoms with Crippen LogP contribution in [0, 0.1) is 17.5 Å². The van der Waals surface area contributed by atoms with Gasteiger partial charge in [0.2, 0.25) is 0 Å². The molecule has 0 saturated heterocycles. The summed E-state index contributed by atoms with van der Waals surface area (Å²) < 4.78 is 94.2. The SMILES string of the molecule is COC(=O)/C=C(/Nc1cc(Br)c(F)cc1Oc1c(F)cc(C(F)(F)F)cc1F)C(=O)OC. The van der Waals surface area contributed by atoms with Crippen molar-refractivity contribution in [3.8, 4) is 11.5 Å². The first-order chi connectivity index (χ1) is 14.9. The minimum Gasteiger partial charge on any atom is -0.466 e. The van der Waals surface area contributed by atoms with Crippen molar-refractivity contribution in [3.05, 3.63) is 63.5 Å². The van der Waals surface area contributed by atoms with Crippen LogP contribution < -0.4 is 10.1 Å². The molecule has 0 fully saturated rings. The van der Waals surface area contributed by atoms with Crippen molar-refractivity contribution in [2.24, 2.45) is 0 Å². The predicted octanol–water partition coefficient (Wildman–Crippen LogP) is 5.32. The summed E-state index contributed by atoms with van der Waals surface area (Å²) in [5.74, 6) is -8.37. The quantitative estimate of drug-likeness (QED) is 0.311. The first-order valence-corrected chi connectivity index (χ1v) is 9.04. The van der Waals surface area contributed by atoms with Crippen molar-refractivity contribution in [3.63, 3.8) is 0 Å². The molecule has 0 atom stereocenters. The summed E-state index contributed by atoms with van der Waals surface area (Å²) >= 11 is 2.86. The molecule has 2 aromatic carbocycles. The van der Waals surface area contributed by atoms with Crippen LogP contribution in [-0.2, 0) is 25.2 Å². The van der Waals surface area contributed by atoms with Gasteiger partial charge in [-0.25, -0.2) is 22.8 Å². The second kappa shape index (κ2) is 9.94. The molecule has 32 heavy (non-hydrogen) atoms. The molecule has 0 unspecified atom stereocenters. The Hall–Kier alpha value is -3.22. The van der Waals surface area contributed by atoms with Gasteiger partial charge in [-0.3, -0.25) is 0 Å². The molecule has 2 aromatic rings. The maximum atomic E-state index is 14.2. The minimum absolute atomic E-state index is 0.00222. The van der Waals surface area contributed by atoms with E-state index in [1.807, 2.05) is 0 Å². The zero-order chi connectivity index (χ0) is 24.2. The molecule has 13 heteroatoms. The minimum atomic E-state index is -5.02. The summed E-state index contributed by atoms with van der Waals surface area (Å²) in [4.78, 5) is 23.4. The van der Waals surface area contributed by atoms with E-state index in [0.29, 0.717) is 12.1 Å². The molecule has 0 aliphatic rings. The highest BCUT2D eigenvalue weighted by Crippen LogP contribution is 2.39. The smallest absolute Gasteiger partial charge is 0.416 e. The molecular weight excluding hydrogens is 516 g/mol. The van der Waals surface area contributed by atoms with E-state index in [9.17, 15) is 35.9 Å².